The molecule has 2 atom stereocenters. The van der Waals surface area contributed by atoms with Crippen molar-refractivity contribution in [2.24, 2.45) is 0 Å². The summed E-state index contributed by atoms with van der Waals surface area (Å²) < 4.78 is 0. The molecule has 2 heterocycles. The number of thioether (sulfide) groups is 2. The van der Waals surface area contributed by atoms with Crippen LogP contribution in [0.5, 0.6) is 0 Å². The number of carbonyl (C=O) groups excluding carboxylic acids is 1. The molecular weight excluding hydrogens is 298 g/mol. The predicted molar refractivity (Wildman–Crippen MR) is 91.5 cm³/mol. The molecule has 4 rings (SSSR count). The first-order valence-electron chi connectivity index (χ1n) is 7.72. The second-order valence-corrected chi connectivity index (χ2v) is 8.18. The molecule has 1 unspecified atom stereocenters. The first kappa shape index (κ1) is 13.8. The van der Waals surface area contributed by atoms with Gasteiger partial charge in [-0.25, -0.2) is 0 Å². The standard InChI is InChI=1S/C17H19NOS2/c19-17-13-6-2-1-5-12(13)15-11-20-9-10-21-16-8-4-3-7-14(16)18(15)17/h1-2,5-6,11,14,16H,3-4,7-10H2/b15-11-/t14-,16?/m1/s1. The Labute approximate surface area is 134 Å². The van der Waals surface area contributed by atoms with Gasteiger partial charge in [-0.2, -0.15) is 11.8 Å². The number of fused-ring (bicyclic) bond motifs is 5. The molecule has 4 heteroatoms. The van der Waals surface area contributed by atoms with E-state index in [4.69, 9.17) is 0 Å². The Bertz CT molecular complexity index is 598. The van der Waals surface area contributed by atoms with Crippen LogP contribution in [-0.4, -0.2) is 33.6 Å². The minimum atomic E-state index is 0.219. The zero-order chi connectivity index (χ0) is 14.2. The van der Waals surface area contributed by atoms with E-state index in [1.807, 2.05) is 30.0 Å². The molecule has 1 aromatic rings. The number of hydrogen-bond acceptors (Lipinski definition) is 3. The fourth-order valence-electron chi connectivity index (χ4n) is 3.66. The van der Waals surface area contributed by atoms with Crippen LogP contribution in [0.2, 0.25) is 0 Å². The van der Waals surface area contributed by atoms with Crippen LogP contribution in [0, 0.1) is 0 Å². The van der Waals surface area contributed by atoms with Crippen LogP contribution in [0.15, 0.2) is 29.7 Å². The van der Waals surface area contributed by atoms with Gasteiger partial charge in [0.05, 0.1) is 5.70 Å². The molecule has 1 amide bonds. The highest BCUT2D eigenvalue weighted by molar-refractivity contribution is 8.04. The van der Waals surface area contributed by atoms with Gasteiger partial charge < -0.3 is 4.90 Å². The summed E-state index contributed by atoms with van der Waals surface area (Å²) in [6, 6.07) is 8.48. The number of rotatable bonds is 0. The van der Waals surface area contributed by atoms with Gasteiger partial charge in [-0.15, -0.1) is 11.8 Å². The Morgan fingerprint density at radius 1 is 1.05 bits per heavy atom. The molecular formula is C17H19NOS2. The summed E-state index contributed by atoms with van der Waals surface area (Å²) in [4.78, 5) is 15.1. The normalized spacial score (nSPS) is 31.1. The molecule has 110 valence electrons. The van der Waals surface area contributed by atoms with E-state index in [1.165, 1.54) is 25.0 Å². The Kier molecular flexibility index (Phi) is 3.76. The topological polar surface area (TPSA) is 20.3 Å². The molecule has 0 spiro atoms. The molecule has 1 saturated carbocycles. The van der Waals surface area contributed by atoms with Crippen LogP contribution >= 0.6 is 23.5 Å². The molecule has 0 N–H and O–H groups in total. The highest BCUT2D eigenvalue weighted by Gasteiger charge is 2.41. The monoisotopic (exact) mass is 317 g/mol. The van der Waals surface area contributed by atoms with E-state index >= 15 is 0 Å². The van der Waals surface area contributed by atoms with Crippen LogP contribution in [0.3, 0.4) is 0 Å². The maximum absolute atomic E-state index is 12.9. The zero-order valence-electron chi connectivity index (χ0n) is 12.0. The first-order valence-corrected chi connectivity index (χ1v) is 9.82. The molecule has 1 fully saturated rings. The van der Waals surface area contributed by atoms with Crippen molar-refractivity contribution < 1.29 is 4.79 Å². The lowest BCUT2D eigenvalue weighted by molar-refractivity contribution is 0.0782. The molecule has 1 aliphatic carbocycles. The van der Waals surface area contributed by atoms with E-state index in [0.717, 1.165) is 29.0 Å². The van der Waals surface area contributed by atoms with Gasteiger partial charge in [-0.1, -0.05) is 31.0 Å². The Morgan fingerprint density at radius 3 is 2.76 bits per heavy atom. The molecule has 0 radical (unpaired) electrons. The van der Waals surface area contributed by atoms with Crippen LogP contribution in [0.1, 0.15) is 41.6 Å². The number of amides is 1. The third kappa shape index (κ3) is 2.33. The third-order valence-corrected chi connectivity index (χ3v) is 7.15. The van der Waals surface area contributed by atoms with Gasteiger partial charge >= 0.3 is 0 Å². The summed E-state index contributed by atoms with van der Waals surface area (Å²) in [5.74, 6) is 2.55. The Hall–Kier alpha value is -0.870. The van der Waals surface area contributed by atoms with Crippen LogP contribution in [-0.2, 0) is 0 Å². The summed E-state index contributed by atoms with van der Waals surface area (Å²) >= 11 is 3.93. The van der Waals surface area contributed by atoms with Gasteiger partial charge in [0.15, 0.2) is 0 Å². The molecule has 1 aromatic carbocycles. The fourth-order valence-corrected chi connectivity index (χ4v) is 6.07. The summed E-state index contributed by atoms with van der Waals surface area (Å²) in [6.07, 6.45) is 4.98. The first-order chi connectivity index (χ1) is 10.4. The number of benzene rings is 1. The molecule has 21 heavy (non-hydrogen) atoms. The van der Waals surface area contributed by atoms with Crippen molar-refractivity contribution in [2.75, 3.05) is 11.5 Å². The lowest BCUT2D eigenvalue weighted by atomic mass is 9.93. The van der Waals surface area contributed by atoms with E-state index in [1.54, 1.807) is 0 Å². The average Bonchev–Trinajstić information content (AvgIpc) is 2.84. The fraction of sp³-hybridized carbons (Fsp3) is 0.471. The summed E-state index contributed by atoms with van der Waals surface area (Å²) in [5, 5.41) is 2.83. The molecule has 0 saturated heterocycles. The zero-order valence-corrected chi connectivity index (χ0v) is 13.6. The van der Waals surface area contributed by atoms with Crippen molar-refractivity contribution in [2.45, 2.75) is 37.0 Å². The van der Waals surface area contributed by atoms with Gasteiger partial charge in [-0.3, -0.25) is 4.79 Å². The van der Waals surface area contributed by atoms with E-state index < -0.39 is 0 Å². The van der Waals surface area contributed by atoms with Gasteiger partial charge in [-0.05, 0) is 24.3 Å². The van der Waals surface area contributed by atoms with E-state index in [9.17, 15) is 4.79 Å². The quantitative estimate of drug-likeness (QED) is 0.714. The van der Waals surface area contributed by atoms with Gasteiger partial charge in [0, 0.05) is 33.9 Å². The van der Waals surface area contributed by atoms with Crippen molar-refractivity contribution in [1.82, 2.24) is 4.90 Å². The van der Waals surface area contributed by atoms with Gasteiger partial charge in [0.2, 0.25) is 0 Å². The number of nitrogens with zero attached hydrogens (tertiary/aromatic N) is 1. The second kappa shape index (κ2) is 5.73. The highest BCUT2D eigenvalue weighted by Crippen LogP contribution is 2.43. The highest BCUT2D eigenvalue weighted by atomic mass is 32.2. The largest absolute Gasteiger partial charge is 0.303 e. The molecule has 2 nitrogen and oxygen atoms in total. The Morgan fingerprint density at radius 2 is 1.86 bits per heavy atom. The van der Waals surface area contributed by atoms with Crippen molar-refractivity contribution >= 4 is 35.1 Å². The summed E-state index contributed by atoms with van der Waals surface area (Å²) in [6.45, 7) is 0. The lowest BCUT2D eigenvalue weighted by Gasteiger charge is -2.37. The Balaban J connectivity index is 1.80. The number of carbonyl (C=O) groups is 1. The molecule has 2 aliphatic heterocycles. The van der Waals surface area contributed by atoms with Crippen molar-refractivity contribution in [3.8, 4) is 0 Å². The minimum absolute atomic E-state index is 0.219. The summed E-state index contributed by atoms with van der Waals surface area (Å²) in [7, 11) is 0. The lowest BCUT2D eigenvalue weighted by Crippen LogP contribution is -2.43. The van der Waals surface area contributed by atoms with E-state index in [2.05, 4.69) is 28.1 Å². The van der Waals surface area contributed by atoms with Crippen LogP contribution in [0.4, 0.5) is 0 Å². The van der Waals surface area contributed by atoms with Gasteiger partial charge in [0.25, 0.3) is 5.91 Å². The maximum atomic E-state index is 12.9. The van der Waals surface area contributed by atoms with Crippen LogP contribution < -0.4 is 0 Å². The van der Waals surface area contributed by atoms with Gasteiger partial charge in [0.1, 0.15) is 0 Å². The van der Waals surface area contributed by atoms with Crippen molar-refractivity contribution in [3.05, 3.63) is 40.8 Å². The van der Waals surface area contributed by atoms with Crippen LogP contribution in [0.25, 0.3) is 5.70 Å². The van der Waals surface area contributed by atoms with E-state index in [0.29, 0.717) is 11.3 Å². The maximum Gasteiger partial charge on any atom is 0.259 e. The number of hydrogen-bond donors (Lipinski definition) is 0. The molecule has 0 aromatic heterocycles. The SMILES string of the molecule is O=C1c2ccccc2/C2=C/SCCSC3CCCC[C@H]3N12. The predicted octanol–water partition coefficient (Wildman–Crippen LogP) is 4.23. The molecule has 3 aliphatic rings. The van der Waals surface area contributed by atoms with Crippen molar-refractivity contribution in [1.29, 1.82) is 0 Å². The smallest absolute Gasteiger partial charge is 0.259 e. The third-order valence-electron chi connectivity index (χ3n) is 4.64. The molecule has 0 bridgehead atoms. The summed E-state index contributed by atoms with van der Waals surface area (Å²) in [5.41, 5.74) is 3.17. The minimum Gasteiger partial charge on any atom is -0.303 e. The van der Waals surface area contributed by atoms with E-state index in [-0.39, 0.29) is 5.91 Å². The van der Waals surface area contributed by atoms with Crippen molar-refractivity contribution in [3.63, 3.8) is 0 Å². The average molecular weight is 317 g/mol. The second-order valence-electron chi connectivity index (χ2n) is 5.86.